The molecule has 15 heteroatoms. The number of hydrogen-bond donors (Lipinski definition) is 1. The Labute approximate surface area is 157 Å². The Morgan fingerprint density at radius 3 is 0.875 bits per heavy atom. The van der Waals surface area contributed by atoms with Crippen LogP contribution >= 0.6 is 7.60 Å². The van der Waals surface area contributed by atoms with E-state index in [0.717, 1.165) is 0 Å². The van der Waals surface area contributed by atoms with Gasteiger partial charge in [-0.1, -0.05) is 0 Å². The summed E-state index contributed by atoms with van der Waals surface area (Å²) in [6.07, 6.45) is 0. The van der Waals surface area contributed by atoms with Gasteiger partial charge < -0.3 is 52.3 Å². The second-order valence-electron chi connectivity index (χ2n) is 0.780. The topological polar surface area (TPSA) is 289 Å². The van der Waals surface area contributed by atoms with E-state index in [1.54, 1.807) is 0 Å². The van der Waals surface area contributed by atoms with Crippen molar-refractivity contribution in [2.45, 2.75) is 0 Å². The minimum absolute atomic E-state index is 0. The van der Waals surface area contributed by atoms with E-state index in [4.69, 9.17) is 9.90 Å². The summed E-state index contributed by atoms with van der Waals surface area (Å²) in [6.45, 7) is 0. The van der Waals surface area contributed by atoms with Crippen LogP contribution in [-0.2, 0) is 4.57 Å². The second kappa shape index (κ2) is 36.0. The van der Waals surface area contributed by atoms with Gasteiger partial charge in [0.25, 0.3) is 0 Å². The van der Waals surface area contributed by atoms with Gasteiger partial charge in [-0.3, -0.25) is 0 Å². The van der Waals surface area contributed by atoms with E-state index in [1.807, 2.05) is 0 Å². The summed E-state index contributed by atoms with van der Waals surface area (Å²) >= 11 is 0. The molecule has 0 saturated carbocycles. The van der Waals surface area contributed by atoms with Gasteiger partial charge in [0, 0.05) is 7.60 Å². The minimum Gasteiger partial charge on any atom is -0.803 e. The molecule has 0 aliphatic heterocycles. The Morgan fingerprint density at radius 2 is 0.875 bits per heavy atom. The van der Waals surface area contributed by atoms with Crippen LogP contribution in [-0.4, -0.2) is 43.7 Å². The Bertz CT molecular complexity index is 133. The maximum absolute atomic E-state index is 9.20. The molecule has 0 atom stereocenters. The van der Waals surface area contributed by atoms with Crippen LogP contribution in [0.3, 0.4) is 0 Å². The van der Waals surface area contributed by atoms with Gasteiger partial charge in [0.2, 0.25) is 0 Å². The summed E-state index contributed by atoms with van der Waals surface area (Å²) in [5.74, 6) is 0. The molecule has 90 valence electrons. The fraction of sp³-hybridized carbons (Fsp3) is 0. The van der Waals surface area contributed by atoms with Crippen molar-refractivity contribution in [1.82, 2.24) is 0 Å². The number of carbonyl (C=O) groups is 1. The van der Waals surface area contributed by atoms with Gasteiger partial charge in [-0.05, 0) is 0 Å². The Morgan fingerprint density at radius 1 is 0.812 bits per heavy atom. The van der Waals surface area contributed by atoms with Crippen LogP contribution in [0.1, 0.15) is 0 Å². The first-order chi connectivity index (χ1) is 2.94. The van der Waals surface area contributed by atoms with E-state index in [9.17, 15) is 14.4 Å². The van der Waals surface area contributed by atoms with E-state index in [-0.39, 0.29) is 122 Å². The van der Waals surface area contributed by atoms with Crippen molar-refractivity contribution in [3.05, 3.63) is 0 Å². The van der Waals surface area contributed by atoms with Crippen LogP contribution in [0.15, 0.2) is 0 Å². The molecule has 0 spiro atoms. The van der Waals surface area contributed by atoms with E-state index >= 15 is 0 Å². The van der Waals surface area contributed by atoms with Crippen molar-refractivity contribution in [2.24, 2.45) is 0 Å². The molecule has 0 aliphatic rings. The molecule has 0 aromatic rings. The van der Waals surface area contributed by atoms with Crippen LogP contribution in [0, 0.1) is 0 Å². The van der Waals surface area contributed by atoms with Crippen LogP contribution in [0.4, 0.5) is 4.79 Å². The monoisotopic (exact) mass is 301 g/mol. The number of hydrogen-bond acceptors (Lipinski definition) is 4. The van der Waals surface area contributed by atoms with Crippen molar-refractivity contribution >= 4 is 13.3 Å². The maximum Gasteiger partial charge on any atom is 1.00 e. The Balaban J connectivity index is -0.00000000500. The van der Waals surface area contributed by atoms with Crippen LogP contribution in [0.25, 0.3) is 0 Å². The van der Waals surface area contributed by atoms with E-state index in [1.165, 1.54) is 0 Å². The fourth-order valence-electron chi connectivity index (χ4n) is 0. The molecule has 0 rings (SSSR count). The first-order valence-electron chi connectivity index (χ1n) is 1.20. The molecule has 0 heterocycles. The molecule has 0 aromatic heterocycles. The van der Waals surface area contributed by atoms with Crippen molar-refractivity contribution < 1.29 is 146 Å². The Kier molecular flexibility index (Phi) is 178. The maximum atomic E-state index is 9.20. The molecule has 0 aromatic carbocycles. The van der Waals surface area contributed by atoms with Gasteiger partial charge in [0.05, 0.1) is 0 Å². The van der Waals surface area contributed by atoms with Crippen LogP contribution in [0.5, 0.6) is 0 Å². The standard InChI is InChI=1S/CH3O5P.3Na.6H2O/c2-1(3)7(4,5)6;;;;;;;;;/h(H,2,3)(H2,4,5,6);;;;6*1H2/q;3*+1;;;;;;/p-2. The third kappa shape index (κ3) is 55.2. The summed E-state index contributed by atoms with van der Waals surface area (Å²) in [5.41, 5.74) is -2.31. The zero-order valence-corrected chi connectivity index (χ0v) is 15.9. The largest absolute Gasteiger partial charge is 1.00 e. The van der Waals surface area contributed by atoms with E-state index in [2.05, 4.69) is 0 Å². The third-order valence-corrected chi connectivity index (χ3v) is 0.703. The van der Waals surface area contributed by atoms with Crippen molar-refractivity contribution in [3.63, 3.8) is 0 Å². The molecule has 16 heavy (non-hydrogen) atoms. The SMILES string of the molecule is O.O.O.O.O.O.O=C(O)P(=O)([O-])[O-].[Na+].[Na+].[Na+]. The molecule has 0 amide bonds. The normalized spacial score (nSPS) is 4.88. The average molecular weight is 301 g/mol. The number of carboxylic acid groups (broad SMARTS) is 1. The third-order valence-electron chi connectivity index (χ3n) is 0.234. The molecule has 0 fully saturated rings. The van der Waals surface area contributed by atoms with Crippen molar-refractivity contribution in [3.8, 4) is 0 Å². The van der Waals surface area contributed by atoms with Crippen molar-refractivity contribution in [1.29, 1.82) is 0 Å². The molecule has 0 saturated heterocycles. The average Bonchev–Trinajstić information content (AvgIpc) is 1.31. The second-order valence-corrected chi connectivity index (χ2v) is 2.16. The fourth-order valence-corrected chi connectivity index (χ4v) is 0. The first kappa shape index (κ1) is 79.1. The van der Waals surface area contributed by atoms with Gasteiger partial charge in [-0.25, -0.2) is 4.79 Å². The molecule has 0 unspecified atom stereocenters. The van der Waals surface area contributed by atoms with E-state index in [0.29, 0.717) is 0 Å². The van der Waals surface area contributed by atoms with Crippen LogP contribution < -0.4 is 98.5 Å². The molecule has 0 bridgehead atoms. The molecule has 11 nitrogen and oxygen atoms in total. The van der Waals surface area contributed by atoms with Gasteiger partial charge in [-0.2, -0.15) is 0 Å². The van der Waals surface area contributed by atoms with E-state index < -0.39 is 13.3 Å². The molecular weight excluding hydrogens is 288 g/mol. The van der Waals surface area contributed by atoms with Gasteiger partial charge >= 0.3 is 94.4 Å². The summed E-state index contributed by atoms with van der Waals surface area (Å²) < 4.78 is 9.20. The molecule has 0 aliphatic carbocycles. The zero-order valence-electron chi connectivity index (χ0n) is 9.03. The Hall–Kier alpha value is 2.38. The quantitative estimate of drug-likeness (QED) is 0.363. The summed E-state index contributed by atoms with van der Waals surface area (Å²) in [5, 5.41) is 7.36. The molecule has 13 N–H and O–H groups in total. The predicted octanol–water partition coefficient (Wildman–Crippen LogP) is -15.4. The predicted molar refractivity (Wildman–Crippen MR) is 37.3 cm³/mol. The van der Waals surface area contributed by atoms with Crippen LogP contribution in [0.2, 0.25) is 0 Å². The molecular formula is CH13Na3O11P+. The number of rotatable bonds is 1. The molecule has 0 radical (unpaired) electrons. The van der Waals surface area contributed by atoms with Gasteiger partial charge in [-0.15, -0.1) is 0 Å². The van der Waals surface area contributed by atoms with Gasteiger partial charge in [0.15, 0.2) is 0 Å². The zero-order chi connectivity index (χ0) is 6.08. The first-order valence-corrected chi connectivity index (χ1v) is 2.74. The summed E-state index contributed by atoms with van der Waals surface area (Å²) in [6, 6.07) is 0. The smallest absolute Gasteiger partial charge is 0.803 e. The summed E-state index contributed by atoms with van der Waals surface area (Å²) in [4.78, 5) is 27.5. The minimum atomic E-state index is -5.32. The van der Waals surface area contributed by atoms with Gasteiger partial charge in [0.1, 0.15) is 0 Å². The summed E-state index contributed by atoms with van der Waals surface area (Å²) in [7, 11) is -5.32. The van der Waals surface area contributed by atoms with Crippen molar-refractivity contribution in [2.75, 3.05) is 0 Å².